The Labute approximate surface area is 138 Å². The first-order chi connectivity index (χ1) is 11.0. The van der Waals surface area contributed by atoms with Crippen molar-refractivity contribution in [3.8, 4) is 0 Å². The van der Waals surface area contributed by atoms with Crippen LogP contribution in [0.25, 0.3) is 0 Å². The minimum absolute atomic E-state index is 0.261. The third-order valence-electron chi connectivity index (χ3n) is 4.68. The average Bonchev–Trinajstić information content (AvgIpc) is 2.55. The first-order valence-corrected chi connectivity index (χ1v) is 8.74. The van der Waals surface area contributed by atoms with Gasteiger partial charge in [0.2, 0.25) is 0 Å². The van der Waals surface area contributed by atoms with E-state index in [1.165, 1.54) is 4.90 Å². The molecule has 1 heterocycles. The third-order valence-corrected chi connectivity index (χ3v) is 4.68. The molecule has 23 heavy (non-hydrogen) atoms. The van der Waals surface area contributed by atoms with E-state index in [1.54, 1.807) is 0 Å². The number of unbranched alkanes of at least 4 members (excludes halogenated alkanes) is 7. The minimum atomic E-state index is -1.45. The van der Waals surface area contributed by atoms with Crippen LogP contribution in [0.15, 0.2) is 0 Å². The number of hydrogen-bond donors (Lipinski definition) is 6. The van der Waals surface area contributed by atoms with Crippen LogP contribution in [0.3, 0.4) is 0 Å². The van der Waals surface area contributed by atoms with E-state index in [0.717, 1.165) is 51.4 Å². The fourth-order valence-electron chi connectivity index (χ4n) is 3.17. The van der Waals surface area contributed by atoms with E-state index in [4.69, 9.17) is 5.11 Å². The molecular weight excluding hydrogens is 302 g/mol. The monoisotopic (exact) mass is 335 g/mol. The molecule has 0 aromatic carbocycles. The molecule has 0 aliphatic carbocycles. The lowest BCUT2D eigenvalue weighted by molar-refractivity contribution is -0.222. The number of aliphatic hydroxyl groups excluding tert-OH is 6. The molecule has 138 valence electrons. The van der Waals surface area contributed by atoms with Crippen LogP contribution in [0.4, 0.5) is 0 Å². The third kappa shape index (κ3) is 6.26. The van der Waals surface area contributed by atoms with Crippen LogP contribution in [-0.2, 0) is 0 Å². The first-order valence-electron chi connectivity index (χ1n) is 8.74. The topological polar surface area (TPSA) is 125 Å². The normalized spacial score (nSPS) is 32.3. The van der Waals surface area contributed by atoms with Crippen LogP contribution in [0.2, 0.25) is 0 Å². The summed E-state index contributed by atoms with van der Waals surface area (Å²) < 4.78 is 0. The second-order valence-corrected chi connectivity index (χ2v) is 6.43. The summed E-state index contributed by atoms with van der Waals surface area (Å²) in [4.78, 5) is 1.48. The SMILES string of the molecule is OCCCCCCCCCCN1C(O)[C@H](O)[C@@H](O)[C@H](O)[C@H]1CO. The number of piperidine rings is 1. The molecule has 1 unspecified atom stereocenters. The largest absolute Gasteiger partial charge is 0.396 e. The zero-order valence-corrected chi connectivity index (χ0v) is 13.8. The van der Waals surface area contributed by atoms with Crippen LogP contribution in [0, 0.1) is 0 Å². The lowest BCUT2D eigenvalue weighted by atomic mass is 9.92. The summed E-state index contributed by atoms with van der Waals surface area (Å²) >= 11 is 0. The fraction of sp³-hybridized carbons (Fsp3) is 1.00. The van der Waals surface area contributed by atoms with E-state index >= 15 is 0 Å². The minimum Gasteiger partial charge on any atom is -0.396 e. The van der Waals surface area contributed by atoms with Crippen molar-refractivity contribution in [1.29, 1.82) is 0 Å². The Hall–Kier alpha value is -0.280. The Morgan fingerprint density at radius 1 is 0.609 bits per heavy atom. The Bertz CT molecular complexity index is 306. The van der Waals surface area contributed by atoms with Gasteiger partial charge < -0.3 is 30.6 Å². The van der Waals surface area contributed by atoms with Crippen molar-refractivity contribution < 1.29 is 30.6 Å². The lowest BCUT2D eigenvalue weighted by Gasteiger charge is -2.46. The summed E-state index contributed by atoms with van der Waals surface area (Å²) in [5.74, 6) is 0. The molecule has 0 amide bonds. The molecule has 0 radical (unpaired) electrons. The van der Waals surface area contributed by atoms with Gasteiger partial charge in [0.1, 0.15) is 24.5 Å². The Kier molecular flexibility index (Phi) is 10.2. The maximum atomic E-state index is 10.0. The van der Waals surface area contributed by atoms with Gasteiger partial charge in [0.25, 0.3) is 0 Å². The molecular formula is C16H33NO6. The van der Waals surface area contributed by atoms with Gasteiger partial charge in [-0.2, -0.15) is 0 Å². The zero-order chi connectivity index (χ0) is 17.2. The van der Waals surface area contributed by atoms with Crippen LogP contribution in [0.1, 0.15) is 51.4 Å². The van der Waals surface area contributed by atoms with Crippen molar-refractivity contribution in [2.24, 2.45) is 0 Å². The van der Waals surface area contributed by atoms with Gasteiger partial charge in [0, 0.05) is 13.2 Å². The lowest BCUT2D eigenvalue weighted by Crippen LogP contribution is -2.67. The average molecular weight is 335 g/mol. The van der Waals surface area contributed by atoms with Gasteiger partial charge in [-0.25, -0.2) is 0 Å². The number of aliphatic hydroxyl groups is 6. The molecule has 7 heteroatoms. The van der Waals surface area contributed by atoms with Crippen LogP contribution in [-0.4, -0.2) is 85.9 Å². The van der Waals surface area contributed by atoms with Gasteiger partial charge in [-0.05, 0) is 12.8 Å². The molecule has 6 N–H and O–H groups in total. The highest BCUT2D eigenvalue weighted by atomic mass is 16.4. The maximum absolute atomic E-state index is 10.0. The van der Waals surface area contributed by atoms with E-state index in [1.807, 2.05) is 0 Å². The second kappa shape index (κ2) is 11.3. The number of rotatable bonds is 11. The Balaban J connectivity index is 2.24. The second-order valence-electron chi connectivity index (χ2n) is 6.43. The van der Waals surface area contributed by atoms with Crippen LogP contribution >= 0.6 is 0 Å². The van der Waals surface area contributed by atoms with Gasteiger partial charge in [-0.3, -0.25) is 4.90 Å². The molecule has 0 aromatic heterocycles. The Morgan fingerprint density at radius 2 is 1.13 bits per heavy atom. The highest BCUT2D eigenvalue weighted by Gasteiger charge is 2.46. The molecule has 0 spiro atoms. The van der Waals surface area contributed by atoms with Gasteiger partial charge in [-0.15, -0.1) is 0 Å². The molecule has 0 aromatic rings. The van der Waals surface area contributed by atoms with Crippen molar-refractivity contribution >= 4 is 0 Å². The summed E-state index contributed by atoms with van der Waals surface area (Å²) in [6.07, 6.45) is 2.74. The van der Waals surface area contributed by atoms with Gasteiger partial charge in [0.05, 0.1) is 12.6 Å². The summed E-state index contributed by atoms with van der Waals surface area (Å²) in [6, 6.07) is -0.762. The molecule has 0 bridgehead atoms. The zero-order valence-electron chi connectivity index (χ0n) is 13.8. The van der Waals surface area contributed by atoms with Gasteiger partial charge in [-0.1, -0.05) is 38.5 Å². The summed E-state index contributed by atoms with van der Waals surface area (Å²) in [5, 5.41) is 57.4. The molecule has 1 fully saturated rings. The van der Waals surface area contributed by atoms with E-state index in [-0.39, 0.29) is 13.2 Å². The first kappa shape index (κ1) is 20.8. The highest BCUT2D eigenvalue weighted by Crippen LogP contribution is 2.24. The molecule has 1 rings (SSSR count). The number of nitrogens with zero attached hydrogens (tertiary/aromatic N) is 1. The van der Waals surface area contributed by atoms with Crippen molar-refractivity contribution in [3.63, 3.8) is 0 Å². The molecule has 1 aliphatic rings. The van der Waals surface area contributed by atoms with Crippen LogP contribution in [0.5, 0.6) is 0 Å². The summed E-state index contributed by atoms with van der Waals surface area (Å²) in [6.45, 7) is 0.335. The highest BCUT2D eigenvalue weighted by molar-refractivity contribution is 4.96. The van der Waals surface area contributed by atoms with Crippen molar-refractivity contribution in [3.05, 3.63) is 0 Å². The maximum Gasteiger partial charge on any atom is 0.136 e. The smallest absolute Gasteiger partial charge is 0.136 e. The summed E-state index contributed by atoms with van der Waals surface area (Å²) in [5.41, 5.74) is 0. The summed E-state index contributed by atoms with van der Waals surface area (Å²) in [7, 11) is 0. The van der Waals surface area contributed by atoms with Crippen molar-refractivity contribution in [2.45, 2.75) is 81.9 Å². The van der Waals surface area contributed by atoms with E-state index in [2.05, 4.69) is 0 Å². The van der Waals surface area contributed by atoms with Crippen LogP contribution < -0.4 is 0 Å². The number of hydrogen-bond acceptors (Lipinski definition) is 7. The molecule has 1 saturated heterocycles. The quantitative estimate of drug-likeness (QED) is 0.272. The standard InChI is InChI=1S/C16H33NO6/c18-10-8-6-4-2-1-3-5-7-9-17-12(11-19)13(20)14(21)15(22)16(17)23/h12-16,18-23H,1-11H2/t12-,13-,14+,15-,16?/m1/s1. The molecule has 1 aliphatic heterocycles. The predicted molar refractivity (Wildman–Crippen MR) is 85.6 cm³/mol. The number of likely N-dealkylation sites (tertiary alicyclic amines) is 1. The van der Waals surface area contributed by atoms with E-state index in [0.29, 0.717) is 6.54 Å². The fourth-order valence-corrected chi connectivity index (χ4v) is 3.17. The van der Waals surface area contributed by atoms with E-state index in [9.17, 15) is 25.5 Å². The predicted octanol–water partition coefficient (Wildman–Crippen LogP) is -0.823. The molecule has 0 saturated carbocycles. The van der Waals surface area contributed by atoms with Gasteiger partial charge in [0.15, 0.2) is 0 Å². The van der Waals surface area contributed by atoms with E-state index < -0.39 is 30.6 Å². The van der Waals surface area contributed by atoms with Crippen molar-refractivity contribution in [1.82, 2.24) is 4.90 Å². The van der Waals surface area contributed by atoms with Crippen molar-refractivity contribution in [2.75, 3.05) is 19.8 Å². The molecule has 5 atom stereocenters. The molecule has 7 nitrogen and oxygen atoms in total. The van der Waals surface area contributed by atoms with Gasteiger partial charge >= 0.3 is 0 Å². The Morgan fingerprint density at radius 3 is 1.65 bits per heavy atom.